The summed E-state index contributed by atoms with van der Waals surface area (Å²) < 4.78 is 5.72. The molecule has 0 aliphatic heterocycles. The molecule has 1 aromatic carbocycles. The van der Waals surface area contributed by atoms with E-state index in [-0.39, 0.29) is 5.82 Å². The molecule has 0 unspecified atom stereocenters. The summed E-state index contributed by atoms with van der Waals surface area (Å²) in [6.45, 7) is 0. The quantitative estimate of drug-likeness (QED) is 0.732. The number of ether oxygens (including phenoxy) is 1. The van der Waals surface area contributed by atoms with Crippen molar-refractivity contribution in [1.29, 1.82) is 0 Å². The molecule has 0 aliphatic carbocycles. The van der Waals surface area contributed by atoms with Crippen LogP contribution < -0.4 is 16.2 Å². The number of pyridine rings is 2. The molecule has 94 valence electrons. The van der Waals surface area contributed by atoms with Crippen LogP contribution in [0.1, 0.15) is 0 Å². The van der Waals surface area contributed by atoms with Gasteiger partial charge in [-0.05, 0) is 18.2 Å². The number of rotatable bonds is 2. The van der Waals surface area contributed by atoms with E-state index >= 15 is 0 Å². The number of fused-ring (bicyclic) bond motifs is 1. The lowest BCUT2D eigenvalue weighted by Crippen LogP contribution is -1.99. The smallest absolute Gasteiger partial charge is 0.221 e. The number of anilines is 2. The number of nitrogen functional groups attached to an aromatic ring is 2. The van der Waals surface area contributed by atoms with Gasteiger partial charge in [0, 0.05) is 17.6 Å². The van der Waals surface area contributed by atoms with Gasteiger partial charge in [-0.2, -0.15) is 4.98 Å². The van der Waals surface area contributed by atoms with E-state index in [4.69, 9.17) is 16.2 Å². The normalized spacial score (nSPS) is 10.5. The molecule has 0 spiro atoms. The van der Waals surface area contributed by atoms with Crippen LogP contribution in [0.5, 0.6) is 11.6 Å². The fourth-order valence-electron chi connectivity index (χ4n) is 1.80. The van der Waals surface area contributed by atoms with Crippen LogP contribution in [0.4, 0.5) is 11.5 Å². The fraction of sp³-hybridized carbons (Fsp3) is 0. The first-order chi connectivity index (χ1) is 9.24. The van der Waals surface area contributed by atoms with Gasteiger partial charge in [-0.1, -0.05) is 18.2 Å². The lowest BCUT2D eigenvalue weighted by molar-refractivity contribution is 0.468. The second-order valence-corrected chi connectivity index (χ2v) is 4.06. The van der Waals surface area contributed by atoms with Crippen molar-refractivity contribution < 1.29 is 4.74 Å². The van der Waals surface area contributed by atoms with Crippen LogP contribution in [0, 0.1) is 0 Å². The van der Waals surface area contributed by atoms with Gasteiger partial charge in [-0.3, -0.25) is 4.98 Å². The van der Waals surface area contributed by atoms with Crippen molar-refractivity contribution in [2.24, 2.45) is 0 Å². The summed E-state index contributed by atoms with van der Waals surface area (Å²) >= 11 is 0. The predicted octanol–water partition coefficient (Wildman–Crippen LogP) is 2.59. The monoisotopic (exact) mass is 252 g/mol. The van der Waals surface area contributed by atoms with Crippen LogP contribution in [-0.4, -0.2) is 9.97 Å². The van der Waals surface area contributed by atoms with Crippen molar-refractivity contribution in [3.05, 3.63) is 48.7 Å². The van der Waals surface area contributed by atoms with Crippen LogP contribution in [0.3, 0.4) is 0 Å². The Morgan fingerprint density at radius 3 is 2.63 bits per heavy atom. The van der Waals surface area contributed by atoms with E-state index in [1.165, 1.54) is 0 Å². The maximum absolute atomic E-state index is 5.72. The average Bonchev–Trinajstić information content (AvgIpc) is 2.43. The van der Waals surface area contributed by atoms with Crippen molar-refractivity contribution in [3.8, 4) is 11.6 Å². The number of para-hydroxylation sites is 1. The predicted molar refractivity (Wildman–Crippen MR) is 74.9 cm³/mol. The summed E-state index contributed by atoms with van der Waals surface area (Å²) in [7, 11) is 0. The van der Waals surface area contributed by atoms with Crippen LogP contribution >= 0.6 is 0 Å². The van der Waals surface area contributed by atoms with Gasteiger partial charge in [-0.25, -0.2) is 0 Å². The Hall–Kier alpha value is -2.82. The van der Waals surface area contributed by atoms with Crippen LogP contribution in [-0.2, 0) is 0 Å². The van der Waals surface area contributed by atoms with Crippen LogP contribution in [0.15, 0.2) is 48.7 Å². The molecule has 4 N–H and O–H groups in total. The molecule has 0 bridgehead atoms. The highest BCUT2D eigenvalue weighted by Gasteiger charge is 2.06. The Labute approximate surface area is 109 Å². The van der Waals surface area contributed by atoms with Gasteiger partial charge >= 0.3 is 0 Å². The molecule has 5 nitrogen and oxygen atoms in total. The van der Waals surface area contributed by atoms with Crippen molar-refractivity contribution in [2.45, 2.75) is 0 Å². The minimum atomic E-state index is 0.255. The zero-order valence-corrected chi connectivity index (χ0v) is 10.1. The zero-order chi connectivity index (χ0) is 13.2. The second kappa shape index (κ2) is 4.45. The minimum Gasteiger partial charge on any atom is -0.437 e. The molecule has 0 amide bonds. The SMILES string of the molecule is Nc1ccc(Oc2cccc3cccnc23)nc1N. The van der Waals surface area contributed by atoms with E-state index in [0.717, 1.165) is 10.9 Å². The van der Waals surface area contributed by atoms with Gasteiger partial charge < -0.3 is 16.2 Å². The lowest BCUT2D eigenvalue weighted by atomic mass is 10.2. The molecular weight excluding hydrogens is 240 g/mol. The molecule has 0 atom stereocenters. The highest BCUT2D eigenvalue weighted by atomic mass is 16.5. The Morgan fingerprint density at radius 2 is 1.79 bits per heavy atom. The van der Waals surface area contributed by atoms with E-state index in [9.17, 15) is 0 Å². The number of nitrogens with zero attached hydrogens (tertiary/aromatic N) is 2. The lowest BCUT2D eigenvalue weighted by Gasteiger charge is -2.08. The van der Waals surface area contributed by atoms with Crippen molar-refractivity contribution in [3.63, 3.8) is 0 Å². The first kappa shape index (κ1) is 11.3. The first-order valence-electron chi connectivity index (χ1n) is 5.77. The van der Waals surface area contributed by atoms with Gasteiger partial charge in [0.2, 0.25) is 5.88 Å². The molecule has 19 heavy (non-hydrogen) atoms. The molecular formula is C14H12N4O. The van der Waals surface area contributed by atoms with Gasteiger partial charge in [0.1, 0.15) is 5.52 Å². The highest BCUT2D eigenvalue weighted by molar-refractivity contribution is 5.84. The van der Waals surface area contributed by atoms with E-state index in [2.05, 4.69) is 9.97 Å². The molecule has 0 saturated heterocycles. The van der Waals surface area contributed by atoms with E-state index < -0.39 is 0 Å². The Bertz CT molecular complexity index is 737. The summed E-state index contributed by atoms with van der Waals surface area (Å²) in [5, 5.41) is 1.00. The maximum Gasteiger partial charge on any atom is 0.221 e. The Kier molecular flexibility index (Phi) is 2.64. The summed E-state index contributed by atoms with van der Waals surface area (Å²) in [5.41, 5.74) is 12.5. The van der Waals surface area contributed by atoms with E-state index in [1.807, 2.05) is 30.3 Å². The number of benzene rings is 1. The maximum atomic E-state index is 5.72. The summed E-state index contributed by atoms with van der Waals surface area (Å²) in [4.78, 5) is 8.39. The van der Waals surface area contributed by atoms with Crippen molar-refractivity contribution in [2.75, 3.05) is 11.5 Å². The standard InChI is InChI=1S/C14H12N4O/c15-10-6-7-12(18-14(10)16)19-11-5-1-3-9-4-2-8-17-13(9)11/h1-8H,15H2,(H2,16,18). The van der Waals surface area contributed by atoms with Crippen LogP contribution in [0.2, 0.25) is 0 Å². The Morgan fingerprint density at radius 1 is 0.947 bits per heavy atom. The first-order valence-corrected chi connectivity index (χ1v) is 5.77. The average molecular weight is 252 g/mol. The Balaban J connectivity index is 2.03. The van der Waals surface area contributed by atoms with Gasteiger partial charge in [0.15, 0.2) is 11.6 Å². The number of nitrogens with two attached hydrogens (primary N) is 2. The third-order valence-electron chi connectivity index (χ3n) is 2.74. The van der Waals surface area contributed by atoms with Gasteiger partial charge in [0.05, 0.1) is 5.69 Å². The fourth-order valence-corrected chi connectivity index (χ4v) is 1.80. The molecule has 0 saturated carbocycles. The highest BCUT2D eigenvalue weighted by Crippen LogP contribution is 2.28. The van der Waals surface area contributed by atoms with Gasteiger partial charge in [0.25, 0.3) is 0 Å². The number of hydrogen-bond donors (Lipinski definition) is 2. The molecule has 2 heterocycles. The largest absolute Gasteiger partial charge is 0.437 e. The minimum absolute atomic E-state index is 0.255. The molecule has 5 heteroatoms. The molecule has 2 aromatic heterocycles. The van der Waals surface area contributed by atoms with Gasteiger partial charge in [-0.15, -0.1) is 0 Å². The van der Waals surface area contributed by atoms with E-state index in [0.29, 0.717) is 17.3 Å². The number of aromatic nitrogens is 2. The molecule has 0 radical (unpaired) electrons. The summed E-state index contributed by atoms with van der Waals surface area (Å²) in [5.74, 6) is 1.28. The molecule has 3 rings (SSSR count). The summed E-state index contributed by atoms with van der Waals surface area (Å²) in [6.07, 6.45) is 1.72. The zero-order valence-electron chi connectivity index (χ0n) is 10.1. The third kappa shape index (κ3) is 2.13. The molecule has 3 aromatic rings. The molecule has 0 aliphatic rings. The molecule has 0 fully saturated rings. The van der Waals surface area contributed by atoms with Crippen molar-refractivity contribution >= 4 is 22.4 Å². The van der Waals surface area contributed by atoms with Crippen molar-refractivity contribution in [1.82, 2.24) is 9.97 Å². The second-order valence-electron chi connectivity index (χ2n) is 4.06. The summed E-state index contributed by atoms with van der Waals surface area (Å²) in [6, 6.07) is 12.9. The van der Waals surface area contributed by atoms with Crippen LogP contribution in [0.25, 0.3) is 10.9 Å². The topological polar surface area (TPSA) is 87.0 Å². The third-order valence-corrected chi connectivity index (χ3v) is 2.74. The number of hydrogen-bond acceptors (Lipinski definition) is 5. The van der Waals surface area contributed by atoms with E-state index in [1.54, 1.807) is 18.3 Å².